The Labute approximate surface area is 244 Å². The van der Waals surface area contributed by atoms with E-state index in [0.717, 1.165) is 30.5 Å². The third-order valence-electron chi connectivity index (χ3n) is 8.73. The fourth-order valence-electron chi connectivity index (χ4n) is 4.94. The molecule has 218 valence electrons. The van der Waals surface area contributed by atoms with E-state index in [1.165, 1.54) is 11.3 Å². The van der Waals surface area contributed by atoms with E-state index in [0.29, 0.717) is 47.8 Å². The second-order valence-electron chi connectivity index (χ2n) is 12.1. The van der Waals surface area contributed by atoms with Gasteiger partial charge in [-0.05, 0) is 55.5 Å². The summed E-state index contributed by atoms with van der Waals surface area (Å²) in [6.45, 7) is 16.1. The second-order valence-corrected chi connectivity index (χ2v) is 12.1. The molecule has 4 rings (SSSR count). The summed E-state index contributed by atoms with van der Waals surface area (Å²) < 4.78 is 18.3. The first-order valence-corrected chi connectivity index (χ1v) is 14.0. The number of aryl methyl sites for hydroxylation is 1. The van der Waals surface area contributed by atoms with Crippen molar-refractivity contribution in [2.45, 2.75) is 47.1 Å². The molecule has 0 radical (unpaired) electrons. The number of likely N-dealkylation sites (N-methyl/N-ethyl adjacent to an activating group) is 1. The normalized spacial score (nSPS) is 14.8. The number of aldehydes is 1. The van der Waals surface area contributed by atoms with E-state index in [2.05, 4.69) is 87.9 Å². The van der Waals surface area contributed by atoms with E-state index >= 15 is 0 Å². The molecule has 1 N–H and O–H groups in total. The zero-order valence-corrected chi connectivity index (χ0v) is 25.4. The summed E-state index contributed by atoms with van der Waals surface area (Å²) in [7, 11) is 3.83. The molecule has 3 aromatic rings. The Balaban J connectivity index is 1.41. The average Bonchev–Trinajstić information content (AvgIpc) is 3.29. The number of ether oxygens (including phenoxy) is 3. The van der Waals surface area contributed by atoms with E-state index in [4.69, 9.17) is 14.2 Å². The lowest BCUT2D eigenvalue weighted by Gasteiger charge is -2.41. The maximum absolute atomic E-state index is 11.2. The van der Waals surface area contributed by atoms with Gasteiger partial charge < -0.3 is 24.4 Å². The fourth-order valence-corrected chi connectivity index (χ4v) is 4.94. The van der Waals surface area contributed by atoms with Crippen molar-refractivity contribution < 1.29 is 19.0 Å². The van der Waals surface area contributed by atoms with Gasteiger partial charge in [-0.3, -0.25) is 9.79 Å². The lowest BCUT2D eigenvalue weighted by molar-refractivity contribution is 0.00970. The third kappa shape index (κ3) is 6.50. The molecule has 0 fully saturated rings. The predicted molar refractivity (Wildman–Crippen MR) is 168 cm³/mol. The van der Waals surface area contributed by atoms with Crippen LogP contribution in [-0.2, 0) is 6.42 Å². The molecule has 0 bridgehead atoms. The van der Waals surface area contributed by atoms with Crippen LogP contribution in [0.1, 0.15) is 49.2 Å². The maximum Gasteiger partial charge on any atom is 0.163 e. The van der Waals surface area contributed by atoms with Gasteiger partial charge in [0.25, 0.3) is 0 Å². The second kappa shape index (κ2) is 12.2. The van der Waals surface area contributed by atoms with Crippen molar-refractivity contribution in [2.75, 3.05) is 44.1 Å². The first-order chi connectivity index (χ1) is 19.5. The minimum atomic E-state index is -0.253. The van der Waals surface area contributed by atoms with Gasteiger partial charge in [0, 0.05) is 53.5 Å². The molecule has 1 atom stereocenters. The number of fused-ring (bicyclic) bond motifs is 1. The Morgan fingerprint density at radius 2 is 1.73 bits per heavy atom. The molecular formula is C34H43N3O4. The van der Waals surface area contributed by atoms with Crippen molar-refractivity contribution in [1.29, 1.82) is 0 Å². The summed E-state index contributed by atoms with van der Waals surface area (Å²) in [5, 5.41) is 3.66. The number of para-hydroxylation sites is 1. The molecule has 7 heteroatoms. The summed E-state index contributed by atoms with van der Waals surface area (Å²) in [5.41, 5.74) is 5.34. The van der Waals surface area contributed by atoms with Gasteiger partial charge in [0.2, 0.25) is 0 Å². The molecule has 0 saturated carbocycles. The average molecular weight is 558 g/mol. The van der Waals surface area contributed by atoms with E-state index < -0.39 is 0 Å². The predicted octanol–water partition coefficient (Wildman–Crippen LogP) is 7.13. The molecule has 1 aliphatic rings. The van der Waals surface area contributed by atoms with Crippen LogP contribution in [0.2, 0.25) is 0 Å². The van der Waals surface area contributed by atoms with E-state index in [1.807, 2.05) is 12.1 Å². The van der Waals surface area contributed by atoms with Crippen LogP contribution in [0.25, 0.3) is 0 Å². The van der Waals surface area contributed by atoms with Gasteiger partial charge in [0.1, 0.15) is 5.75 Å². The first-order valence-electron chi connectivity index (χ1n) is 14.0. The number of rotatable bonds is 13. The van der Waals surface area contributed by atoms with Crippen LogP contribution < -0.4 is 24.4 Å². The van der Waals surface area contributed by atoms with Crippen LogP contribution >= 0.6 is 0 Å². The number of aliphatic imine (C=N–C) groups is 1. The summed E-state index contributed by atoms with van der Waals surface area (Å²) in [4.78, 5) is 17.5. The Kier molecular flexibility index (Phi) is 8.95. The molecule has 1 heterocycles. The summed E-state index contributed by atoms with van der Waals surface area (Å²) in [6.07, 6.45) is 1.79. The monoisotopic (exact) mass is 557 g/mol. The summed E-state index contributed by atoms with van der Waals surface area (Å²) in [5.74, 6) is 2.07. The quantitative estimate of drug-likeness (QED) is 0.178. The zero-order valence-electron chi connectivity index (χ0n) is 25.4. The number of nitrogens with one attached hydrogen (secondary N) is 1. The molecular weight excluding hydrogens is 514 g/mol. The molecule has 3 aromatic carbocycles. The third-order valence-corrected chi connectivity index (χ3v) is 8.73. The SMILES string of the molecule is C=Nc1cc(OCC(C)(C)C(C)(C)COc2cc(NCC3Cc4ccccc4N3C)c(C)cc2OC)ccc1C=O. The van der Waals surface area contributed by atoms with E-state index in [1.54, 1.807) is 25.3 Å². The number of anilines is 2. The minimum absolute atomic E-state index is 0.251. The Morgan fingerprint density at radius 3 is 2.39 bits per heavy atom. The number of hydrogen-bond donors (Lipinski definition) is 1. The van der Waals surface area contributed by atoms with Gasteiger partial charge in [-0.15, -0.1) is 0 Å². The molecule has 1 unspecified atom stereocenters. The number of methoxy groups -OCH3 is 1. The number of carbonyl (C=O) groups is 1. The summed E-state index contributed by atoms with van der Waals surface area (Å²) in [6, 6.07) is 18.3. The van der Waals surface area contributed by atoms with Crippen LogP contribution in [0.4, 0.5) is 17.1 Å². The van der Waals surface area contributed by atoms with Gasteiger partial charge in [0.05, 0.1) is 32.1 Å². The Hall–Kier alpha value is -4.00. The topological polar surface area (TPSA) is 72.4 Å². The van der Waals surface area contributed by atoms with Gasteiger partial charge in [-0.2, -0.15) is 0 Å². The molecule has 7 nitrogen and oxygen atoms in total. The zero-order chi connectivity index (χ0) is 29.8. The fraction of sp³-hybridized carbons (Fsp3) is 0.412. The van der Waals surface area contributed by atoms with Crippen LogP contribution in [0, 0.1) is 17.8 Å². The van der Waals surface area contributed by atoms with Crippen molar-refractivity contribution in [3.63, 3.8) is 0 Å². The van der Waals surface area contributed by atoms with Crippen molar-refractivity contribution in [2.24, 2.45) is 15.8 Å². The standard InChI is InChI=1S/C34H43N3O4/c1-23-15-31(39-8)32(18-28(23)36-19-26-16-24-11-9-10-12-30(24)37(26)7)41-22-34(4,5)33(2,3)21-40-27-14-13-25(20-38)29(17-27)35-6/h9-15,17-18,20,26,36H,6,16,19,21-22H2,1-5,7-8H3. The van der Waals surface area contributed by atoms with Crippen molar-refractivity contribution in [1.82, 2.24) is 0 Å². The Bertz CT molecular complexity index is 1400. The molecule has 0 amide bonds. The van der Waals surface area contributed by atoms with Gasteiger partial charge in [-0.1, -0.05) is 45.9 Å². The number of nitrogens with zero attached hydrogens (tertiary/aromatic N) is 2. The van der Waals surface area contributed by atoms with Crippen molar-refractivity contribution in [3.8, 4) is 17.2 Å². The maximum atomic E-state index is 11.2. The van der Waals surface area contributed by atoms with Gasteiger partial charge in [0.15, 0.2) is 17.8 Å². The highest BCUT2D eigenvalue weighted by Crippen LogP contribution is 2.42. The summed E-state index contributed by atoms with van der Waals surface area (Å²) >= 11 is 0. The molecule has 0 aliphatic carbocycles. The highest BCUT2D eigenvalue weighted by molar-refractivity contribution is 5.84. The van der Waals surface area contributed by atoms with Crippen molar-refractivity contribution in [3.05, 3.63) is 71.3 Å². The van der Waals surface area contributed by atoms with Crippen LogP contribution in [0.15, 0.2) is 59.6 Å². The first kappa shape index (κ1) is 30.0. The van der Waals surface area contributed by atoms with Crippen molar-refractivity contribution >= 4 is 30.1 Å². The van der Waals surface area contributed by atoms with Crippen LogP contribution in [0.3, 0.4) is 0 Å². The highest BCUT2D eigenvalue weighted by Gasteiger charge is 2.39. The van der Waals surface area contributed by atoms with Crippen LogP contribution in [-0.4, -0.2) is 53.0 Å². The lowest BCUT2D eigenvalue weighted by atomic mass is 9.69. The Morgan fingerprint density at radius 1 is 1.02 bits per heavy atom. The molecule has 1 aliphatic heterocycles. The molecule has 0 aromatic heterocycles. The number of hydrogen-bond acceptors (Lipinski definition) is 7. The minimum Gasteiger partial charge on any atom is -0.493 e. The van der Waals surface area contributed by atoms with E-state index in [9.17, 15) is 4.79 Å². The van der Waals surface area contributed by atoms with E-state index in [-0.39, 0.29) is 10.8 Å². The van der Waals surface area contributed by atoms with Gasteiger partial charge >= 0.3 is 0 Å². The lowest BCUT2D eigenvalue weighted by Crippen LogP contribution is -2.41. The number of carbonyl (C=O) groups excluding carboxylic acids is 1. The number of benzene rings is 3. The molecule has 0 spiro atoms. The molecule has 41 heavy (non-hydrogen) atoms. The highest BCUT2D eigenvalue weighted by atomic mass is 16.5. The van der Waals surface area contributed by atoms with Crippen LogP contribution in [0.5, 0.6) is 17.2 Å². The smallest absolute Gasteiger partial charge is 0.163 e. The van der Waals surface area contributed by atoms with Gasteiger partial charge in [-0.25, -0.2) is 0 Å². The largest absolute Gasteiger partial charge is 0.493 e. The molecule has 0 saturated heterocycles.